The first-order chi connectivity index (χ1) is 8.65. The summed E-state index contributed by atoms with van der Waals surface area (Å²) in [4.78, 5) is 12.9. The van der Waals surface area contributed by atoms with Crippen LogP contribution in [0.2, 0.25) is 0 Å². The van der Waals surface area contributed by atoms with Gasteiger partial charge in [0, 0.05) is 13.1 Å². The van der Waals surface area contributed by atoms with Gasteiger partial charge in [-0.25, -0.2) is 0 Å². The fourth-order valence-electron chi connectivity index (χ4n) is 2.45. The van der Waals surface area contributed by atoms with Crippen molar-refractivity contribution in [3.05, 3.63) is 35.9 Å². The van der Waals surface area contributed by atoms with Gasteiger partial charge in [-0.05, 0) is 24.9 Å². The smallest absolute Gasteiger partial charge is 0.307 e. The van der Waals surface area contributed by atoms with Crippen molar-refractivity contribution >= 4 is 5.97 Å². The van der Waals surface area contributed by atoms with Crippen molar-refractivity contribution < 1.29 is 15.0 Å². The van der Waals surface area contributed by atoms with Gasteiger partial charge in [-0.2, -0.15) is 0 Å². The van der Waals surface area contributed by atoms with E-state index in [1.165, 1.54) is 0 Å². The van der Waals surface area contributed by atoms with E-state index in [2.05, 4.69) is 0 Å². The molecule has 0 amide bonds. The summed E-state index contributed by atoms with van der Waals surface area (Å²) in [6.45, 7) is 1.88. The lowest BCUT2D eigenvalue weighted by atomic mass is 10.1. The number of hydrogen-bond acceptors (Lipinski definition) is 3. The van der Waals surface area contributed by atoms with E-state index in [0.29, 0.717) is 25.9 Å². The number of aliphatic carboxylic acids is 1. The number of aliphatic hydroxyl groups excluding tert-OH is 1. The van der Waals surface area contributed by atoms with Crippen LogP contribution in [-0.2, 0) is 11.2 Å². The van der Waals surface area contributed by atoms with Crippen LogP contribution in [0.5, 0.6) is 0 Å². The Labute approximate surface area is 107 Å². The number of carboxylic acids is 1. The zero-order chi connectivity index (χ0) is 13.0. The van der Waals surface area contributed by atoms with Crippen molar-refractivity contribution in [1.29, 1.82) is 0 Å². The Bertz CT molecular complexity index is 393. The molecule has 1 aromatic carbocycles. The number of carbonyl (C=O) groups is 1. The average molecular weight is 249 g/mol. The van der Waals surface area contributed by atoms with E-state index in [1.54, 1.807) is 0 Å². The van der Waals surface area contributed by atoms with E-state index in [-0.39, 0.29) is 5.92 Å². The maximum absolute atomic E-state index is 10.8. The SMILES string of the molecule is O=C(O)C1CCN(CC(O)Cc2ccccc2)C1. The third-order valence-corrected chi connectivity index (χ3v) is 3.40. The number of aliphatic hydroxyl groups is 1. The zero-order valence-corrected chi connectivity index (χ0v) is 10.3. The van der Waals surface area contributed by atoms with Crippen LogP contribution >= 0.6 is 0 Å². The Hall–Kier alpha value is -1.39. The summed E-state index contributed by atoms with van der Waals surface area (Å²) < 4.78 is 0. The molecule has 0 radical (unpaired) electrons. The summed E-state index contributed by atoms with van der Waals surface area (Å²) >= 11 is 0. The van der Waals surface area contributed by atoms with Crippen molar-refractivity contribution in [1.82, 2.24) is 4.90 Å². The van der Waals surface area contributed by atoms with Crippen LogP contribution in [0.3, 0.4) is 0 Å². The Morgan fingerprint density at radius 1 is 1.39 bits per heavy atom. The molecule has 4 nitrogen and oxygen atoms in total. The quantitative estimate of drug-likeness (QED) is 0.817. The molecule has 2 N–H and O–H groups in total. The number of hydrogen-bond donors (Lipinski definition) is 2. The van der Waals surface area contributed by atoms with Crippen LogP contribution in [0.4, 0.5) is 0 Å². The molecule has 1 heterocycles. The maximum Gasteiger partial charge on any atom is 0.307 e. The molecular formula is C14H19NO3. The first kappa shape index (κ1) is 13.1. The van der Waals surface area contributed by atoms with E-state index in [1.807, 2.05) is 35.2 Å². The molecule has 2 unspecified atom stereocenters. The molecule has 4 heteroatoms. The summed E-state index contributed by atoms with van der Waals surface area (Å²) in [5.41, 5.74) is 1.11. The summed E-state index contributed by atoms with van der Waals surface area (Å²) in [6, 6.07) is 9.85. The molecule has 0 spiro atoms. The molecular weight excluding hydrogens is 230 g/mol. The predicted molar refractivity (Wildman–Crippen MR) is 68.3 cm³/mol. The monoisotopic (exact) mass is 249 g/mol. The van der Waals surface area contributed by atoms with Gasteiger partial charge in [-0.15, -0.1) is 0 Å². The van der Waals surface area contributed by atoms with Crippen molar-refractivity contribution in [2.75, 3.05) is 19.6 Å². The fraction of sp³-hybridized carbons (Fsp3) is 0.500. The Morgan fingerprint density at radius 3 is 2.72 bits per heavy atom. The number of carboxylic acid groups (broad SMARTS) is 1. The highest BCUT2D eigenvalue weighted by atomic mass is 16.4. The molecule has 98 valence electrons. The minimum absolute atomic E-state index is 0.270. The highest BCUT2D eigenvalue weighted by Gasteiger charge is 2.28. The molecule has 0 aliphatic carbocycles. The molecule has 18 heavy (non-hydrogen) atoms. The highest BCUT2D eigenvalue weighted by molar-refractivity contribution is 5.70. The standard InChI is InChI=1S/C14H19NO3/c16-13(8-11-4-2-1-3-5-11)10-15-7-6-12(9-15)14(17)18/h1-5,12-13,16H,6-10H2,(H,17,18). The lowest BCUT2D eigenvalue weighted by molar-refractivity contribution is -0.141. The normalized spacial score (nSPS) is 21.9. The molecule has 2 atom stereocenters. The second kappa shape index (κ2) is 5.98. The van der Waals surface area contributed by atoms with Crippen molar-refractivity contribution in [2.24, 2.45) is 5.92 Å². The molecule has 1 fully saturated rings. The Kier molecular flexibility index (Phi) is 4.33. The minimum Gasteiger partial charge on any atom is -0.481 e. The van der Waals surface area contributed by atoms with E-state index >= 15 is 0 Å². The van der Waals surface area contributed by atoms with Crippen LogP contribution in [0.25, 0.3) is 0 Å². The molecule has 1 aliphatic rings. The van der Waals surface area contributed by atoms with Gasteiger partial charge in [-0.1, -0.05) is 30.3 Å². The molecule has 0 bridgehead atoms. The van der Waals surface area contributed by atoms with Crippen molar-refractivity contribution in [2.45, 2.75) is 18.9 Å². The molecule has 1 aromatic rings. The van der Waals surface area contributed by atoms with Gasteiger partial charge in [0.15, 0.2) is 0 Å². The average Bonchev–Trinajstić information content (AvgIpc) is 2.78. The van der Waals surface area contributed by atoms with E-state index in [9.17, 15) is 9.90 Å². The van der Waals surface area contributed by atoms with Crippen LogP contribution in [0.1, 0.15) is 12.0 Å². The summed E-state index contributed by atoms with van der Waals surface area (Å²) in [7, 11) is 0. The highest BCUT2D eigenvalue weighted by Crippen LogP contribution is 2.17. The van der Waals surface area contributed by atoms with Gasteiger partial charge in [-0.3, -0.25) is 9.69 Å². The van der Waals surface area contributed by atoms with E-state index < -0.39 is 12.1 Å². The minimum atomic E-state index is -0.727. The summed E-state index contributed by atoms with van der Waals surface area (Å²) in [6.07, 6.45) is 0.877. The van der Waals surface area contributed by atoms with Crippen LogP contribution < -0.4 is 0 Å². The maximum atomic E-state index is 10.8. The molecule has 0 saturated carbocycles. The first-order valence-corrected chi connectivity index (χ1v) is 6.32. The van der Waals surface area contributed by atoms with Crippen LogP contribution in [-0.4, -0.2) is 46.8 Å². The third-order valence-electron chi connectivity index (χ3n) is 3.40. The number of β-amino-alcohol motifs (C(OH)–C–C–N with tert-alkyl or cyclic N) is 1. The number of rotatable bonds is 5. The summed E-state index contributed by atoms with van der Waals surface area (Å²) in [5.74, 6) is -0.996. The van der Waals surface area contributed by atoms with Gasteiger partial charge in [0.05, 0.1) is 12.0 Å². The van der Waals surface area contributed by atoms with Gasteiger partial charge >= 0.3 is 5.97 Å². The third kappa shape index (κ3) is 3.55. The van der Waals surface area contributed by atoms with Gasteiger partial charge in [0.2, 0.25) is 0 Å². The fourth-order valence-corrected chi connectivity index (χ4v) is 2.45. The zero-order valence-electron chi connectivity index (χ0n) is 10.3. The second-order valence-electron chi connectivity index (χ2n) is 4.93. The second-order valence-corrected chi connectivity index (χ2v) is 4.93. The van der Waals surface area contributed by atoms with E-state index in [4.69, 9.17) is 5.11 Å². The molecule has 0 aromatic heterocycles. The molecule has 1 saturated heterocycles. The van der Waals surface area contributed by atoms with Crippen molar-refractivity contribution in [3.8, 4) is 0 Å². The lowest BCUT2D eigenvalue weighted by Crippen LogP contribution is -2.32. The van der Waals surface area contributed by atoms with Crippen LogP contribution in [0.15, 0.2) is 30.3 Å². The number of nitrogens with zero attached hydrogens (tertiary/aromatic N) is 1. The number of likely N-dealkylation sites (tertiary alicyclic amines) is 1. The largest absolute Gasteiger partial charge is 0.481 e. The molecule has 2 rings (SSSR count). The van der Waals surface area contributed by atoms with Crippen molar-refractivity contribution in [3.63, 3.8) is 0 Å². The summed E-state index contributed by atoms with van der Waals surface area (Å²) in [5, 5.41) is 18.9. The lowest BCUT2D eigenvalue weighted by Gasteiger charge is -2.19. The van der Waals surface area contributed by atoms with Crippen LogP contribution in [0, 0.1) is 5.92 Å². The van der Waals surface area contributed by atoms with E-state index in [0.717, 1.165) is 12.1 Å². The van der Waals surface area contributed by atoms with Gasteiger partial charge in [0.25, 0.3) is 0 Å². The topological polar surface area (TPSA) is 60.8 Å². The predicted octanol–water partition coefficient (Wildman–Crippen LogP) is 0.996. The number of benzene rings is 1. The van der Waals surface area contributed by atoms with Gasteiger partial charge < -0.3 is 10.2 Å². The molecule has 1 aliphatic heterocycles. The Balaban J connectivity index is 1.78. The Morgan fingerprint density at radius 2 is 2.11 bits per heavy atom. The van der Waals surface area contributed by atoms with Gasteiger partial charge in [0.1, 0.15) is 0 Å². The first-order valence-electron chi connectivity index (χ1n) is 6.32.